The number of benzene rings is 2. The summed E-state index contributed by atoms with van der Waals surface area (Å²) < 4.78 is 21.0. The smallest absolute Gasteiger partial charge is 0.326 e. The van der Waals surface area contributed by atoms with Gasteiger partial charge in [-0.25, -0.2) is 13.8 Å². The zero-order chi connectivity index (χ0) is 23.5. The van der Waals surface area contributed by atoms with Crippen LogP contribution in [0.15, 0.2) is 63.9 Å². The lowest BCUT2D eigenvalue weighted by molar-refractivity contribution is -0.116. The molecule has 1 N–H and O–H groups in total. The Labute approximate surface area is 188 Å². The number of amides is 1. The molecule has 2 aromatic carbocycles. The molecule has 0 aliphatic heterocycles. The van der Waals surface area contributed by atoms with Crippen molar-refractivity contribution in [3.63, 3.8) is 0 Å². The first-order valence-corrected chi connectivity index (χ1v) is 10.1. The highest BCUT2D eigenvalue weighted by Crippen LogP contribution is 2.27. The number of halogens is 1. The van der Waals surface area contributed by atoms with Gasteiger partial charge in [0.15, 0.2) is 5.82 Å². The number of anilines is 1. The fourth-order valence-corrected chi connectivity index (χ4v) is 3.62. The van der Waals surface area contributed by atoms with Crippen LogP contribution in [0, 0.1) is 31.0 Å². The van der Waals surface area contributed by atoms with Gasteiger partial charge in [-0.15, -0.1) is 0 Å². The number of rotatable bonds is 6. The van der Waals surface area contributed by atoms with E-state index in [0.717, 1.165) is 21.4 Å². The first-order chi connectivity index (χ1) is 15.9. The number of hydrogen-bond donors (Lipinski definition) is 1. The van der Waals surface area contributed by atoms with E-state index >= 15 is 0 Å². The lowest BCUT2D eigenvalue weighted by Gasteiger charge is -2.14. The van der Waals surface area contributed by atoms with Crippen molar-refractivity contribution in [1.29, 1.82) is 5.26 Å². The van der Waals surface area contributed by atoms with Crippen molar-refractivity contribution in [2.24, 2.45) is 0 Å². The van der Waals surface area contributed by atoms with E-state index < -0.39 is 11.7 Å². The molecule has 0 bridgehead atoms. The van der Waals surface area contributed by atoms with E-state index in [-0.39, 0.29) is 18.2 Å². The molecule has 0 unspecified atom stereocenters. The summed E-state index contributed by atoms with van der Waals surface area (Å²) in [4.78, 5) is 25.1. The molecule has 0 spiro atoms. The molecule has 1 amide bonds. The molecule has 8 nitrogen and oxygen atoms in total. The Morgan fingerprint density at radius 3 is 2.48 bits per heavy atom. The summed E-state index contributed by atoms with van der Waals surface area (Å²) >= 11 is 0. The van der Waals surface area contributed by atoms with E-state index in [4.69, 9.17) is 4.52 Å². The van der Waals surface area contributed by atoms with Gasteiger partial charge in [0, 0.05) is 17.8 Å². The summed E-state index contributed by atoms with van der Waals surface area (Å²) in [6.07, 6.45) is 0. The Bertz CT molecular complexity index is 1410. The highest BCUT2D eigenvalue weighted by Gasteiger charge is 2.22. The van der Waals surface area contributed by atoms with E-state index in [0.29, 0.717) is 23.5 Å². The molecule has 2 heterocycles. The lowest BCUT2D eigenvalue weighted by atomic mass is 10.2. The van der Waals surface area contributed by atoms with Crippen LogP contribution in [0.3, 0.4) is 0 Å². The predicted molar refractivity (Wildman–Crippen MR) is 119 cm³/mol. The van der Waals surface area contributed by atoms with Crippen LogP contribution in [0.25, 0.3) is 11.4 Å². The molecule has 2 aromatic heterocycles. The minimum atomic E-state index is -0.765. The molecular weight excluding hydrogens is 425 g/mol. The normalized spacial score (nSPS) is 10.7. The maximum Gasteiger partial charge on any atom is 0.442 e. The highest BCUT2D eigenvalue weighted by molar-refractivity contribution is 5.92. The number of nitrogens with zero attached hydrogens (tertiary/aromatic N) is 4. The monoisotopic (exact) mass is 445 g/mol. The van der Waals surface area contributed by atoms with Gasteiger partial charge in [0.1, 0.15) is 24.2 Å². The van der Waals surface area contributed by atoms with Crippen LogP contribution in [0.2, 0.25) is 0 Å². The van der Waals surface area contributed by atoms with Gasteiger partial charge in [-0.2, -0.15) is 5.26 Å². The van der Waals surface area contributed by atoms with Crippen LogP contribution < -0.4 is 11.1 Å². The minimum absolute atomic E-state index is 0.227. The van der Waals surface area contributed by atoms with Crippen LogP contribution in [0.1, 0.15) is 22.4 Å². The van der Waals surface area contributed by atoms with E-state index in [9.17, 15) is 19.2 Å². The Balaban J connectivity index is 1.65. The molecule has 0 radical (unpaired) electrons. The fourth-order valence-electron chi connectivity index (χ4n) is 3.62. The van der Waals surface area contributed by atoms with Gasteiger partial charge in [-0.3, -0.25) is 9.32 Å². The topological polar surface area (TPSA) is 106 Å². The van der Waals surface area contributed by atoms with Crippen LogP contribution >= 0.6 is 0 Å². The number of carbonyl (C=O) groups excluding carboxylic acids is 1. The number of hydrogen-bond acceptors (Lipinski definition) is 5. The Morgan fingerprint density at radius 1 is 1.12 bits per heavy atom. The van der Waals surface area contributed by atoms with Crippen LogP contribution in [-0.4, -0.2) is 20.2 Å². The third-order valence-electron chi connectivity index (χ3n) is 5.47. The second-order valence-corrected chi connectivity index (χ2v) is 7.53. The van der Waals surface area contributed by atoms with Gasteiger partial charge in [0.25, 0.3) is 0 Å². The van der Waals surface area contributed by atoms with Gasteiger partial charge < -0.3 is 9.88 Å². The van der Waals surface area contributed by atoms with Crippen molar-refractivity contribution < 1.29 is 13.7 Å². The summed E-state index contributed by atoms with van der Waals surface area (Å²) in [5.74, 6) is -1.10. The number of carbonyl (C=O) groups is 1. The maximum atomic E-state index is 13.3. The van der Waals surface area contributed by atoms with Crippen molar-refractivity contribution in [2.45, 2.75) is 26.9 Å². The maximum absolute atomic E-state index is 13.3. The predicted octanol–water partition coefficient (Wildman–Crippen LogP) is 3.62. The molecule has 0 aliphatic rings. The summed E-state index contributed by atoms with van der Waals surface area (Å²) in [6.45, 7) is 3.61. The number of nitrogens with one attached hydrogen (secondary N) is 1. The molecule has 166 valence electrons. The molecular formula is C24H20FN5O3. The third-order valence-corrected chi connectivity index (χ3v) is 5.47. The molecule has 0 atom stereocenters. The van der Waals surface area contributed by atoms with Gasteiger partial charge in [-0.05, 0) is 37.1 Å². The molecule has 33 heavy (non-hydrogen) atoms. The van der Waals surface area contributed by atoms with Crippen molar-refractivity contribution in [3.05, 3.63) is 93.3 Å². The zero-order valence-corrected chi connectivity index (χ0v) is 18.0. The zero-order valence-electron chi connectivity index (χ0n) is 18.0. The Morgan fingerprint density at radius 2 is 1.82 bits per heavy atom. The van der Waals surface area contributed by atoms with Gasteiger partial charge in [0.2, 0.25) is 5.91 Å². The Kier molecular flexibility index (Phi) is 5.91. The van der Waals surface area contributed by atoms with Crippen molar-refractivity contribution in [3.8, 4) is 17.5 Å². The summed E-state index contributed by atoms with van der Waals surface area (Å²) in [6, 6.07) is 17.0. The van der Waals surface area contributed by atoms with Gasteiger partial charge in [0.05, 0.1) is 5.56 Å². The van der Waals surface area contributed by atoms with Crippen LogP contribution in [-0.2, 0) is 17.9 Å². The second-order valence-electron chi connectivity index (χ2n) is 7.53. The molecule has 0 saturated carbocycles. The average molecular weight is 445 g/mol. The summed E-state index contributed by atoms with van der Waals surface area (Å²) in [7, 11) is 0. The largest absolute Gasteiger partial charge is 0.442 e. The fraction of sp³-hybridized carbons (Fsp3) is 0.167. The van der Waals surface area contributed by atoms with E-state index in [2.05, 4.69) is 16.5 Å². The Hall–Kier alpha value is -4.45. The van der Waals surface area contributed by atoms with Crippen LogP contribution in [0.4, 0.5) is 10.2 Å². The SMILES string of the molecule is Cc1c(C#N)c(NC(=O)Cn2c(-c3ccccc3)noc2=O)n(Cc2ccc(F)cc2)c1C. The van der Waals surface area contributed by atoms with Crippen molar-refractivity contribution in [2.75, 3.05) is 5.32 Å². The molecule has 4 rings (SSSR count). The third kappa shape index (κ3) is 4.32. The average Bonchev–Trinajstić information content (AvgIpc) is 3.28. The summed E-state index contributed by atoms with van der Waals surface area (Å²) in [5.41, 5.74) is 3.26. The number of aromatic nitrogens is 3. The molecule has 0 aliphatic carbocycles. The van der Waals surface area contributed by atoms with E-state index in [1.54, 1.807) is 47.9 Å². The van der Waals surface area contributed by atoms with Crippen LogP contribution in [0.5, 0.6) is 0 Å². The quantitative estimate of drug-likeness (QED) is 0.488. The highest BCUT2D eigenvalue weighted by atomic mass is 19.1. The van der Waals surface area contributed by atoms with Crippen molar-refractivity contribution in [1.82, 2.24) is 14.3 Å². The first kappa shape index (κ1) is 21.8. The van der Waals surface area contributed by atoms with Crippen molar-refractivity contribution >= 4 is 11.7 Å². The molecule has 0 fully saturated rings. The molecule has 0 saturated heterocycles. The van der Waals surface area contributed by atoms with Gasteiger partial charge in [-0.1, -0.05) is 47.6 Å². The second kappa shape index (κ2) is 8.96. The minimum Gasteiger partial charge on any atom is -0.326 e. The lowest BCUT2D eigenvalue weighted by Crippen LogP contribution is -2.27. The van der Waals surface area contributed by atoms with E-state index in [1.807, 2.05) is 13.0 Å². The standard InChI is InChI=1S/C24H20FN5O3/c1-15-16(2)29(13-17-8-10-19(25)11-9-17)23(20(15)12-26)27-21(31)14-30-22(28-33-24(30)32)18-6-4-3-5-7-18/h3-11H,13-14H2,1-2H3,(H,27,31). The molecule has 9 heteroatoms. The summed E-state index contributed by atoms with van der Waals surface area (Å²) in [5, 5.41) is 16.3. The van der Waals surface area contributed by atoms with E-state index in [1.165, 1.54) is 12.1 Å². The first-order valence-electron chi connectivity index (χ1n) is 10.1. The van der Waals surface area contributed by atoms with Gasteiger partial charge >= 0.3 is 5.76 Å². The molecule has 4 aromatic rings. The number of nitriles is 1.